The van der Waals surface area contributed by atoms with E-state index in [1.165, 1.54) is 7.11 Å². The minimum absolute atomic E-state index is 0.361. The third-order valence-electron chi connectivity index (χ3n) is 3.87. The Hall–Kier alpha value is -3.67. The maximum Gasteiger partial charge on any atom is 0.271 e. The van der Waals surface area contributed by atoms with Crippen molar-refractivity contribution in [2.24, 2.45) is 5.10 Å². The monoisotopic (exact) mass is 361 g/mol. The fraction of sp³-hybridized carbons (Fsp3) is 0.0952. The number of benzene rings is 2. The molecule has 136 valence electrons. The summed E-state index contributed by atoms with van der Waals surface area (Å²) in [6, 6.07) is 20.0. The van der Waals surface area contributed by atoms with Gasteiger partial charge in [-0.1, -0.05) is 36.4 Å². The third kappa shape index (κ3) is 4.30. The first-order valence-corrected chi connectivity index (χ1v) is 8.30. The smallest absolute Gasteiger partial charge is 0.271 e. The second kappa shape index (κ2) is 8.62. The molecule has 1 amide bonds. The molecule has 0 saturated heterocycles. The zero-order valence-electron chi connectivity index (χ0n) is 15.0. The molecule has 0 fully saturated rings. The van der Waals surface area contributed by atoms with Crippen LogP contribution in [-0.2, 0) is 0 Å². The highest BCUT2D eigenvalue weighted by molar-refractivity contribution is 6.12. The predicted molar refractivity (Wildman–Crippen MR) is 103 cm³/mol. The van der Waals surface area contributed by atoms with Crippen molar-refractivity contribution in [2.45, 2.75) is 0 Å². The fourth-order valence-corrected chi connectivity index (χ4v) is 2.52. The molecule has 1 aromatic heterocycles. The summed E-state index contributed by atoms with van der Waals surface area (Å²) in [5, 5.41) is 4.32. The summed E-state index contributed by atoms with van der Waals surface area (Å²) in [6.45, 7) is 0. The summed E-state index contributed by atoms with van der Waals surface area (Å²) in [5.41, 5.74) is 5.09. The predicted octanol–water partition coefficient (Wildman–Crippen LogP) is 3.28. The highest BCUT2D eigenvalue weighted by atomic mass is 16.5. The topological polar surface area (TPSA) is 72.8 Å². The van der Waals surface area contributed by atoms with Crippen molar-refractivity contribution in [1.29, 1.82) is 0 Å². The summed E-state index contributed by atoms with van der Waals surface area (Å²) in [5.74, 6) is 0.665. The summed E-state index contributed by atoms with van der Waals surface area (Å²) < 4.78 is 10.4. The van der Waals surface area contributed by atoms with Crippen molar-refractivity contribution >= 4 is 11.6 Å². The van der Waals surface area contributed by atoms with Crippen LogP contribution < -0.4 is 14.9 Å². The Balaban J connectivity index is 1.90. The number of carbonyl (C=O) groups excluding carboxylic acids is 1. The van der Waals surface area contributed by atoms with Gasteiger partial charge in [-0.05, 0) is 30.3 Å². The van der Waals surface area contributed by atoms with E-state index >= 15 is 0 Å². The van der Waals surface area contributed by atoms with Gasteiger partial charge in [0.1, 0.15) is 5.71 Å². The van der Waals surface area contributed by atoms with Crippen molar-refractivity contribution in [3.63, 3.8) is 0 Å². The molecular formula is C21H19N3O3. The van der Waals surface area contributed by atoms with Crippen LogP contribution in [0, 0.1) is 0 Å². The lowest BCUT2D eigenvalue weighted by molar-refractivity contribution is 0.0954. The second-order valence-corrected chi connectivity index (χ2v) is 5.55. The number of hydrazone groups is 1. The van der Waals surface area contributed by atoms with E-state index < -0.39 is 0 Å². The van der Waals surface area contributed by atoms with Crippen LogP contribution in [0.15, 0.2) is 78.0 Å². The van der Waals surface area contributed by atoms with E-state index in [0.29, 0.717) is 28.5 Å². The van der Waals surface area contributed by atoms with E-state index in [-0.39, 0.29) is 5.91 Å². The molecule has 0 bridgehead atoms. The maximum atomic E-state index is 12.5. The molecule has 0 unspecified atom stereocenters. The third-order valence-corrected chi connectivity index (χ3v) is 3.87. The molecule has 0 aliphatic heterocycles. The van der Waals surface area contributed by atoms with E-state index in [9.17, 15) is 4.79 Å². The maximum absolute atomic E-state index is 12.5. The minimum Gasteiger partial charge on any atom is -0.493 e. The van der Waals surface area contributed by atoms with Crippen molar-refractivity contribution in [2.75, 3.05) is 14.2 Å². The molecule has 0 saturated carbocycles. The van der Waals surface area contributed by atoms with Gasteiger partial charge in [-0.25, -0.2) is 5.43 Å². The molecule has 6 nitrogen and oxygen atoms in total. The minimum atomic E-state index is -0.361. The molecule has 3 aromatic rings. The van der Waals surface area contributed by atoms with E-state index in [1.807, 2.05) is 48.5 Å². The largest absolute Gasteiger partial charge is 0.493 e. The van der Waals surface area contributed by atoms with Crippen molar-refractivity contribution in [3.8, 4) is 11.5 Å². The molecule has 0 radical (unpaired) electrons. The number of aromatic nitrogens is 1. The summed E-state index contributed by atoms with van der Waals surface area (Å²) in [6.07, 6.45) is 1.68. The molecule has 0 spiro atoms. The molecule has 1 heterocycles. The van der Waals surface area contributed by atoms with E-state index in [1.54, 1.807) is 31.5 Å². The Bertz CT molecular complexity index is 900. The number of methoxy groups -OCH3 is 2. The lowest BCUT2D eigenvalue weighted by atomic mass is 10.1. The van der Waals surface area contributed by atoms with Crippen LogP contribution >= 0.6 is 0 Å². The standard InChI is InChI=1S/C21H19N3O3/c1-26-18-12-11-16(14-19(18)27-2)21(25)24-23-20(15-8-4-3-5-9-15)17-10-6-7-13-22-17/h3-14H,1-2H3,(H,24,25). The van der Waals surface area contributed by atoms with E-state index in [4.69, 9.17) is 9.47 Å². The Morgan fingerprint density at radius 1 is 0.889 bits per heavy atom. The van der Waals surface area contributed by atoms with Crippen LogP contribution in [0.4, 0.5) is 0 Å². The van der Waals surface area contributed by atoms with Crippen LogP contribution in [0.2, 0.25) is 0 Å². The van der Waals surface area contributed by atoms with Crippen LogP contribution in [0.1, 0.15) is 21.6 Å². The quantitative estimate of drug-likeness (QED) is 0.540. The number of carbonyl (C=O) groups is 1. The van der Waals surface area contributed by atoms with Crippen molar-refractivity contribution < 1.29 is 14.3 Å². The first-order chi connectivity index (χ1) is 13.2. The fourth-order valence-electron chi connectivity index (χ4n) is 2.52. The van der Waals surface area contributed by atoms with Crippen LogP contribution in [0.25, 0.3) is 0 Å². The van der Waals surface area contributed by atoms with Gasteiger partial charge in [0.25, 0.3) is 5.91 Å². The molecule has 0 aliphatic rings. The van der Waals surface area contributed by atoms with Gasteiger partial charge < -0.3 is 9.47 Å². The first-order valence-electron chi connectivity index (χ1n) is 8.30. The molecule has 6 heteroatoms. The van der Waals surface area contributed by atoms with Gasteiger partial charge in [0, 0.05) is 17.3 Å². The second-order valence-electron chi connectivity index (χ2n) is 5.55. The Morgan fingerprint density at radius 3 is 2.30 bits per heavy atom. The molecule has 0 atom stereocenters. The number of rotatable bonds is 6. The number of amides is 1. The van der Waals surface area contributed by atoms with Crippen LogP contribution in [0.5, 0.6) is 11.5 Å². The SMILES string of the molecule is COc1ccc(C(=O)NN=C(c2ccccc2)c2ccccn2)cc1OC. The zero-order chi connectivity index (χ0) is 19.1. The van der Waals surface area contributed by atoms with Crippen molar-refractivity contribution in [3.05, 3.63) is 89.7 Å². The Kier molecular flexibility index (Phi) is 5.79. The summed E-state index contributed by atoms with van der Waals surface area (Å²) in [4.78, 5) is 16.9. The average molecular weight is 361 g/mol. The van der Waals surface area contributed by atoms with Gasteiger partial charge in [-0.2, -0.15) is 5.10 Å². The summed E-state index contributed by atoms with van der Waals surface area (Å²) in [7, 11) is 3.06. The highest BCUT2D eigenvalue weighted by Crippen LogP contribution is 2.27. The molecular weight excluding hydrogens is 342 g/mol. The molecule has 0 aliphatic carbocycles. The number of ether oxygens (including phenoxy) is 2. The lowest BCUT2D eigenvalue weighted by Crippen LogP contribution is -2.21. The Morgan fingerprint density at radius 2 is 1.63 bits per heavy atom. The van der Waals surface area contributed by atoms with Gasteiger partial charge in [0.05, 0.1) is 19.9 Å². The van der Waals surface area contributed by atoms with Gasteiger partial charge in [0.2, 0.25) is 0 Å². The number of pyridine rings is 1. The molecule has 27 heavy (non-hydrogen) atoms. The van der Waals surface area contributed by atoms with Gasteiger partial charge in [-0.3, -0.25) is 9.78 Å². The number of nitrogens with one attached hydrogen (secondary N) is 1. The van der Waals surface area contributed by atoms with E-state index in [0.717, 1.165) is 5.56 Å². The van der Waals surface area contributed by atoms with Gasteiger partial charge in [-0.15, -0.1) is 0 Å². The highest BCUT2D eigenvalue weighted by Gasteiger charge is 2.12. The number of hydrogen-bond acceptors (Lipinski definition) is 5. The first kappa shape index (κ1) is 18.1. The van der Waals surface area contributed by atoms with Crippen LogP contribution in [0.3, 0.4) is 0 Å². The number of hydrogen-bond donors (Lipinski definition) is 1. The molecule has 1 N–H and O–H groups in total. The summed E-state index contributed by atoms with van der Waals surface area (Å²) >= 11 is 0. The number of nitrogens with zero attached hydrogens (tertiary/aromatic N) is 2. The van der Waals surface area contributed by atoms with E-state index in [2.05, 4.69) is 15.5 Å². The van der Waals surface area contributed by atoms with Gasteiger partial charge >= 0.3 is 0 Å². The van der Waals surface area contributed by atoms with Crippen LogP contribution in [-0.4, -0.2) is 30.8 Å². The normalized spacial score (nSPS) is 11.0. The lowest BCUT2D eigenvalue weighted by Gasteiger charge is -2.10. The molecule has 3 rings (SSSR count). The zero-order valence-corrected chi connectivity index (χ0v) is 15.0. The van der Waals surface area contributed by atoms with Gasteiger partial charge in [0.15, 0.2) is 11.5 Å². The average Bonchev–Trinajstić information content (AvgIpc) is 2.74. The van der Waals surface area contributed by atoms with Crippen molar-refractivity contribution in [1.82, 2.24) is 10.4 Å². The Labute approximate surface area is 157 Å². The molecule has 2 aromatic carbocycles.